The zero-order valence-electron chi connectivity index (χ0n) is 11.3. The number of rotatable bonds is 3. The number of carboxylic acids is 1. The van der Waals surface area contributed by atoms with E-state index in [1.165, 1.54) is 13.0 Å². The second-order valence-electron chi connectivity index (χ2n) is 4.51. The summed E-state index contributed by atoms with van der Waals surface area (Å²) in [7, 11) is 0. The first-order valence-corrected chi connectivity index (χ1v) is 6.00. The number of hydrogen-bond donors (Lipinski definition) is 3. The lowest BCUT2D eigenvalue weighted by Crippen LogP contribution is -2.14. The van der Waals surface area contributed by atoms with Crippen molar-refractivity contribution in [2.45, 2.75) is 13.8 Å². The fraction of sp³-hybridized carbons (Fsp3) is 0.143. The van der Waals surface area contributed by atoms with Crippen LogP contribution in [0.1, 0.15) is 32.1 Å². The molecule has 2 rings (SSSR count). The van der Waals surface area contributed by atoms with Gasteiger partial charge in [0.1, 0.15) is 5.69 Å². The number of aromatic nitrogens is 1. The van der Waals surface area contributed by atoms with Crippen LogP contribution in [0.5, 0.6) is 0 Å². The Hall–Kier alpha value is -2.70. The molecule has 0 unspecified atom stereocenters. The third kappa shape index (κ3) is 2.76. The molecule has 0 saturated carbocycles. The number of nitrogens with one attached hydrogen (secondary N) is 2. The van der Waals surface area contributed by atoms with Crippen molar-refractivity contribution in [2.24, 2.45) is 0 Å². The molecule has 110 valence electrons. The Balaban J connectivity index is 2.32. The van der Waals surface area contributed by atoms with Gasteiger partial charge in [-0.25, -0.2) is 13.6 Å². The number of carbonyl (C=O) groups excluding carboxylic acids is 1. The number of aryl methyl sites for hydroxylation is 1. The monoisotopic (exact) mass is 294 g/mol. The van der Waals surface area contributed by atoms with Crippen LogP contribution >= 0.6 is 0 Å². The van der Waals surface area contributed by atoms with Crippen molar-refractivity contribution in [2.75, 3.05) is 5.32 Å². The summed E-state index contributed by atoms with van der Waals surface area (Å²) in [5.74, 6) is -3.88. The van der Waals surface area contributed by atoms with Gasteiger partial charge < -0.3 is 15.4 Å². The minimum absolute atomic E-state index is 0.0794. The van der Waals surface area contributed by atoms with Gasteiger partial charge in [0.2, 0.25) is 0 Å². The number of amides is 1. The number of H-pyrrole nitrogens is 1. The number of hydrogen-bond acceptors (Lipinski definition) is 2. The standard InChI is InChI=1S/C14H12F2N2O3/c1-6-11(7(2)17-12(6)14(20)21)13(19)18-8-3-4-9(15)10(16)5-8/h3-5,17H,1-2H3,(H,18,19)(H,20,21). The highest BCUT2D eigenvalue weighted by Crippen LogP contribution is 2.20. The topological polar surface area (TPSA) is 82.2 Å². The maximum absolute atomic E-state index is 13.1. The number of benzene rings is 1. The van der Waals surface area contributed by atoms with E-state index in [2.05, 4.69) is 10.3 Å². The highest BCUT2D eigenvalue weighted by atomic mass is 19.2. The van der Waals surface area contributed by atoms with Crippen LogP contribution in [-0.4, -0.2) is 22.0 Å². The first kappa shape index (κ1) is 14.7. The molecular weight excluding hydrogens is 282 g/mol. The predicted octanol–water partition coefficient (Wildman–Crippen LogP) is 2.86. The van der Waals surface area contributed by atoms with Crippen molar-refractivity contribution in [3.05, 3.63) is 52.3 Å². The van der Waals surface area contributed by atoms with Crippen LogP contribution in [0.25, 0.3) is 0 Å². The summed E-state index contributed by atoms with van der Waals surface area (Å²) in [6.45, 7) is 3.05. The van der Waals surface area contributed by atoms with Gasteiger partial charge in [-0.05, 0) is 31.5 Å². The molecule has 0 bridgehead atoms. The lowest BCUT2D eigenvalue weighted by Gasteiger charge is -2.06. The zero-order chi connectivity index (χ0) is 15.7. The third-order valence-corrected chi connectivity index (χ3v) is 3.06. The second-order valence-corrected chi connectivity index (χ2v) is 4.51. The van der Waals surface area contributed by atoms with Crippen molar-refractivity contribution < 1.29 is 23.5 Å². The SMILES string of the molecule is Cc1[nH]c(C(=O)O)c(C)c1C(=O)Nc1ccc(F)c(F)c1. The van der Waals surface area contributed by atoms with E-state index < -0.39 is 23.5 Å². The molecule has 0 fully saturated rings. The fourth-order valence-electron chi connectivity index (χ4n) is 2.07. The summed E-state index contributed by atoms with van der Waals surface area (Å²) in [5, 5.41) is 11.4. The smallest absolute Gasteiger partial charge is 0.352 e. The van der Waals surface area contributed by atoms with Crippen LogP contribution in [0, 0.1) is 25.5 Å². The molecule has 1 aromatic heterocycles. The third-order valence-electron chi connectivity index (χ3n) is 3.06. The van der Waals surface area contributed by atoms with Crippen LogP contribution < -0.4 is 5.32 Å². The molecule has 5 nitrogen and oxygen atoms in total. The summed E-state index contributed by atoms with van der Waals surface area (Å²) in [5.41, 5.74) is 0.820. The zero-order valence-corrected chi connectivity index (χ0v) is 11.3. The van der Waals surface area contributed by atoms with Crippen LogP contribution in [0.15, 0.2) is 18.2 Å². The van der Waals surface area contributed by atoms with Crippen LogP contribution in [0.4, 0.5) is 14.5 Å². The van der Waals surface area contributed by atoms with E-state index in [4.69, 9.17) is 5.11 Å². The molecule has 0 radical (unpaired) electrons. The molecule has 0 aliphatic rings. The van der Waals surface area contributed by atoms with Crippen LogP contribution in [0.2, 0.25) is 0 Å². The molecule has 1 aromatic carbocycles. The Kier molecular flexibility index (Phi) is 3.75. The first-order chi connectivity index (χ1) is 9.81. The van der Waals surface area contributed by atoms with E-state index in [1.54, 1.807) is 6.92 Å². The lowest BCUT2D eigenvalue weighted by molar-refractivity contribution is 0.0690. The summed E-state index contributed by atoms with van der Waals surface area (Å²) in [6.07, 6.45) is 0. The van der Waals surface area contributed by atoms with Gasteiger partial charge in [-0.1, -0.05) is 0 Å². The minimum atomic E-state index is -1.18. The van der Waals surface area contributed by atoms with Crippen molar-refractivity contribution >= 4 is 17.6 Å². The molecule has 0 atom stereocenters. The highest BCUT2D eigenvalue weighted by molar-refractivity contribution is 6.08. The van der Waals surface area contributed by atoms with Gasteiger partial charge in [0.05, 0.1) is 5.56 Å². The molecule has 0 spiro atoms. The summed E-state index contributed by atoms with van der Waals surface area (Å²) >= 11 is 0. The highest BCUT2D eigenvalue weighted by Gasteiger charge is 2.21. The van der Waals surface area contributed by atoms with E-state index >= 15 is 0 Å². The number of anilines is 1. The summed E-state index contributed by atoms with van der Waals surface area (Å²) < 4.78 is 25.9. The van der Waals surface area contributed by atoms with E-state index in [9.17, 15) is 18.4 Å². The molecule has 2 aromatic rings. The average molecular weight is 294 g/mol. The predicted molar refractivity (Wildman–Crippen MR) is 71.5 cm³/mol. The number of halogens is 2. The molecule has 1 amide bonds. The van der Waals surface area contributed by atoms with Crippen LogP contribution in [0.3, 0.4) is 0 Å². The Bertz CT molecular complexity index is 738. The second kappa shape index (κ2) is 5.35. The molecule has 0 aliphatic heterocycles. The lowest BCUT2D eigenvalue weighted by atomic mass is 10.1. The van der Waals surface area contributed by atoms with Gasteiger partial charge in [-0.3, -0.25) is 4.79 Å². The molecular formula is C14H12F2N2O3. The van der Waals surface area contributed by atoms with Gasteiger partial charge in [0, 0.05) is 17.4 Å². The molecule has 0 saturated heterocycles. The molecule has 0 aliphatic carbocycles. The van der Waals surface area contributed by atoms with E-state index in [1.807, 2.05) is 0 Å². The maximum atomic E-state index is 13.1. The van der Waals surface area contributed by atoms with Crippen molar-refractivity contribution in [3.8, 4) is 0 Å². The Morgan fingerprint density at radius 2 is 1.86 bits per heavy atom. The largest absolute Gasteiger partial charge is 0.477 e. The number of carboxylic acid groups (broad SMARTS) is 1. The van der Waals surface area contributed by atoms with Gasteiger partial charge in [-0.2, -0.15) is 0 Å². The van der Waals surface area contributed by atoms with E-state index in [0.29, 0.717) is 5.69 Å². The van der Waals surface area contributed by atoms with Crippen molar-refractivity contribution in [1.29, 1.82) is 0 Å². The maximum Gasteiger partial charge on any atom is 0.352 e. The Morgan fingerprint density at radius 3 is 2.38 bits per heavy atom. The van der Waals surface area contributed by atoms with Gasteiger partial charge >= 0.3 is 5.97 Å². The Labute approximate surface area is 118 Å². The number of aromatic amines is 1. The van der Waals surface area contributed by atoms with Gasteiger partial charge in [0.25, 0.3) is 5.91 Å². The summed E-state index contributed by atoms with van der Waals surface area (Å²) in [6, 6.07) is 2.96. The molecule has 3 N–H and O–H groups in total. The fourth-order valence-corrected chi connectivity index (χ4v) is 2.07. The van der Waals surface area contributed by atoms with Crippen molar-refractivity contribution in [1.82, 2.24) is 4.98 Å². The minimum Gasteiger partial charge on any atom is -0.477 e. The van der Waals surface area contributed by atoms with Gasteiger partial charge in [0.15, 0.2) is 11.6 Å². The average Bonchev–Trinajstić information content (AvgIpc) is 2.69. The Morgan fingerprint density at radius 1 is 1.19 bits per heavy atom. The molecule has 21 heavy (non-hydrogen) atoms. The van der Waals surface area contributed by atoms with Crippen molar-refractivity contribution in [3.63, 3.8) is 0 Å². The van der Waals surface area contributed by atoms with Gasteiger partial charge in [-0.15, -0.1) is 0 Å². The van der Waals surface area contributed by atoms with Crippen LogP contribution in [-0.2, 0) is 0 Å². The van der Waals surface area contributed by atoms with E-state index in [0.717, 1.165) is 12.1 Å². The normalized spacial score (nSPS) is 10.5. The number of aromatic carboxylic acids is 1. The molecule has 7 heteroatoms. The first-order valence-electron chi connectivity index (χ1n) is 6.00. The van der Waals surface area contributed by atoms with E-state index in [-0.39, 0.29) is 22.5 Å². The summed E-state index contributed by atoms with van der Waals surface area (Å²) in [4.78, 5) is 25.7. The quantitative estimate of drug-likeness (QED) is 0.814. The molecule has 1 heterocycles. The number of carbonyl (C=O) groups is 2.